The van der Waals surface area contributed by atoms with Crippen LogP contribution in [0.4, 0.5) is 0 Å². The van der Waals surface area contributed by atoms with Crippen molar-refractivity contribution in [3.63, 3.8) is 0 Å². The summed E-state index contributed by atoms with van der Waals surface area (Å²) in [7, 11) is 1.25. The molecule has 0 heterocycles. The fourth-order valence-corrected chi connectivity index (χ4v) is 13.0. The Hall–Kier alpha value is -1.28. The van der Waals surface area contributed by atoms with Crippen molar-refractivity contribution >= 4 is 13.7 Å². The van der Waals surface area contributed by atoms with Gasteiger partial charge in [0.2, 0.25) is 5.91 Å². The van der Waals surface area contributed by atoms with E-state index in [1.807, 2.05) is 27.2 Å². The maximum Gasteiger partial charge on any atom is 0.268 e. The van der Waals surface area contributed by atoms with Crippen LogP contribution in [0.25, 0.3) is 0 Å². The molecular formula is C79H155N2O6P. The van der Waals surface area contributed by atoms with Gasteiger partial charge in [0.05, 0.1) is 39.9 Å². The molecule has 3 atom stereocenters. The Morgan fingerprint density at radius 3 is 0.920 bits per heavy atom. The second-order valence-corrected chi connectivity index (χ2v) is 29.8. The number of hydrogen-bond acceptors (Lipinski definition) is 6. The lowest BCUT2D eigenvalue weighted by Gasteiger charge is -2.29. The van der Waals surface area contributed by atoms with E-state index in [0.717, 1.165) is 44.9 Å². The fourth-order valence-electron chi connectivity index (χ4n) is 12.3. The topological polar surface area (TPSA) is 108 Å². The Morgan fingerprint density at radius 2 is 0.636 bits per heavy atom. The van der Waals surface area contributed by atoms with Crippen molar-refractivity contribution < 1.29 is 32.9 Å². The average molecular weight is 1260 g/mol. The molecule has 0 saturated carbocycles. The molecule has 0 aliphatic carbocycles. The first-order valence-corrected chi connectivity index (χ1v) is 40.8. The molecule has 1 amide bonds. The van der Waals surface area contributed by atoms with Crippen LogP contribution < -0.4 is 10.2 Å². The van der Waals surface area contributed by atoms with Gasteiger partial charge in [0.15, 0.2) is 0 Å². The Balaban J connectivity index is 3.97. The van der Waals surface area contributed by atoms with E-state index >= 15 is 0 Å². The highest BCUT2D eigenvalue weighted by Gasteiger charge is 2.23. The first-order chi connectivity index (χ1) is 43.0. The maximum atomic E-state index is 13.1. The number of rotatable bonds is 74. The largest absolute Gasteiger partial charge is 0.756 e. The third kappa shape index (κ3) is 72.2. The SMILES string of the molecule is CCCCCCCCCCCCCCCCCCCC/C=C/CC/C=C/CC/C=C/C(O)C(COP(=O)([O-])OCC[N+](C)(C)C)NC(=O)CCCCCCCCCCCCCCCCCCCCCCCCCCCCCCCCCCCCCCCC. The number of likely N-dealkylation sites (N-methyl/N-ethyl adjacent to an activating group) is 1. The predicted octanol–water partition coefficient (Wildman–Crippen LogP) is 24.9. The zero-order valence-electron chi connectivity index (χ0n) is 60.0. The third-order valence-electron chi connectivity index (χ3n) is 18.3. The van der Waals surface area contributed by atoms with Gasteiger partial charge in [-0.2, -0.15) is 0 Å². The molecule has 88 heavy (non-hydrogen) atoms. The smallest absolute Gasteiger partial charge is 0.268 e. The molecule has 0 saturated heterocycles. The number of phosphoric acid groups is 1. The molecule has 0 rings (SSSR count). The van der Waals surface area contributed by atoms with Crippen molar-refractivity contribution in [1.82, 2.24) is 5.32 Å². The van der Waals surface area contributed by atoms with E-state index in [9.17, 15) is 19.4 Å². The number of phosphoric ester groups is 1. The summed E-state index contributed by atoms with van der Waals surface area (Å²) in [5, 5.41) is 14.0. The van der Waals surface area contributed by atoms with E-state index in [-0.39, 0.29) is 12.5 Å². The number of aliphatic hydroxyl groups excluding tert-OH is 1. The number of nitrogens with zero attached hydrogens (tertiary/aromatic N) is 1. The normalized spacial score (nSPS) is 13.7. The Bertz CT molecular complexity index is 1530. The summed E-state index contributed by atoms with van der Waals surface area (Å²) in [6, 6.07) is -0.910. The lowest BCUT2D eigenvalue weighted by Crippen LogP contribution is -2.45. The number of carbonyl (C=O) groups is 1. The van der Waals surface area contributed by atoms with Crippen molar-refractivity contribution in [1.29, 1.82) is 0 Å². The number of amides is 1. The number of hydrogen-bond donors (Lipinski definition) is 2. The molecule has 0 bridgehead atoms. The molecule has 8 nitrogen and oxygen atoms in total. The van der Waals surface area contributed by atoms with Gasteiger partial charge in [-0.3, -0.25) is 9.36 Å². The zero-order chi connectivity index (χ0) is 64.1. The molecule has 0 aliphatic heterocycles. The third-order valence-corrected chi connectivity index (χ3v) is 19.3. The molecule has 9 heteroatoms. The first kappa shape index (κ1) is 86.7. The van der Waals surface area contributed by atoms with Crippen LogP contribution >= 0.6 is 7.82 Å². The standard InChI is InChI=1S/C79H155N2O6P/c1-6-8-10-12-14-16-18-20-22-24-26-28-30-32-34-36-37-38-39-40-41-42-43-44-45-47-49-51-53-55-57-59-61-63-65-67-69-71-73-79(83)80-77(76-87-88(84,85)86-75-74-81(3,4)5)78(82)72-70-68-66-64-62-60-58-56-54-52-50-48-46-35-33-31-29-27-25-23-21-19-17-15-13-11-9-7-2/h54,56,62,64,70,72,77-78,82H,6-53,55,57-61,63,65-69,71,73-76H2,1-5H3,(H-,80,83,84,85)/b56-54+,64-62+,72-70+. The highest BCUT2D eigenvalue weighted by atomic mass is 31.2. The molecule has 3 unspecified atom stereocenters. The van der Waals surface area contributed by atoms with Gasteiger partial charge >= 0.3 is 0 Å². The van der Waals surface area contributed by atoms with Crippen molar-refractivity contribution in [2.24, 2.45) is 0 Å². The molecule has 2 N–H and O–H groups in total. The Labute approximate surface area is 550 Å². The number of unbranched alkanes of at least 4 members (excludes halogenated alkanes) is 57. The van der Waals surface area contributed by atoms with Crippen molar-refractivity contribution in [3.8, 4) is 0 Å². The molecule has 0 radical (unpaired) electrons. The van der Waals surface area contributed by atoms with Crippen LogP contribution in [-0.2, 0) is 18.4 Å². The fraction of sp³-hybridized carbons (Fsp3) is 0.911. The summed E-state index contributed by atoms with van der Waals surface area (Å²) in [6.07, 6.45) is 94.7. The number of aliphatic hydroxyl groups is 1. The van der Waals surface area contributed by atoms with Gasteiger partial charge in [-0.25, -0.2) is 0 Å². The van der Waals surface area contributed by atoms with E-state index in [0.29, 0.717) is 17.4 Å². The van der Waals surface area contributed by atoms with Crippen LogP contribution in [0.1, 0.15) is 412 Å². The minimum absolute atomic E-state index is 0.00697. The van der Waals surface area contributed by atoms with Crippen molar-refractivity contribution in [2.75, 3.05) is 40.9 Å². The van der Waals surface area contributed by atoms with Crippen LogP contribution in [0.5, 0.6) is 0 Å². The van der Waals surface area contributed by atoms with E-state index in [1.165, 1.54) is 347 Å². The van der Waals surface area contributed by atoms with Gasteiger partial charge in [-0.1, -0.05) is 397 Å². The summed E-state index contributed by atoms with van der Waals surface area (Å²) in [5.74, 6) is -0.202. The molecule has 0 aromatic carbocycles. The first-order valence-electron chi connectivity index (χ1n) is 39.4. The van der Waals surface area contributed by atoms with E-state index in [1.54, 1.807) is 6.08 Å². The monoisotopic (exact) mass is 1260 g/mol. The molecule has 522 valence electrons. The van der Waals surface area contributed by atoms with Gasteiger partial charge in [0.1, 0.15) is 13.2 Å². The second kappa shape index (κ2) is 70.0. The summed E-state index contributed by atoms with van der Waals surface area (Å²) in [5.41, 5.74) is 0. The van der Waals surface area contributed by atoms with Crippen molar-refractivity contribution in [3.05, 3.63) is 36.5 Å². The summed E-state index contributed by atoms with van der Waals surface area (Å²) < 4.78 is 23.5. The molecule has 0 aromatic heterocycles. The number of allylic oxidation sites excluding steroid dienone is 5. The molecular weight excluding hydrogens is 1100 g/mol. The van der Waals surface area contributed by atoms with Crippen LogP contribution in [0.2, 0.25) is 0 Å². The molecule has 0 aliphatic rings. The highest BCUT2D eigenvalue weighted by Crippen LogP contribution is 2.38. The lowest BCUT2D eigenvalue weighted by molar-refractivity contribution is -0.870. The highest BCUT2D eigenvalue weighted by molar-refractivity contribution is 7.45. The van der Waals surface area contributed by atoms with Crippen LogP contribution in [-0.4, -0.2) is 68.5 Å². The Kier molecular flexibility index (Phi) is 69.0. The van der Waals surface area contributed by atoms with Gasteiger partial charge in [0.25, 0.3) is 7.82 Å². The van der Waals surface area contributed by atoms with Crippen LogP contribution in [0.15, 0.2) is 36.5 Å². The van der Waals surface area contributed by atoms with E-state index in [2.05, 4.69) is 43.5 Å². The van der Waals surface area contributed by atoms with Gasteiger partial charge in [-0.05, 0) is 44.9 Å². The number of quaternary nitrogens is 1. The summed E-state index contributed by atoms with van der Waals surface area (Å²) in [6.45, 7) is 4.69. The second-order valence-electron chi connectivity index (χ2n) is 28.4. The average Bonchev–Trinajstić information content (AvgIpc) is 3.58. The number of nitrogens with one attached hydrogen (secondary N) is 1. The quantitative estimate of drug-likeness (QED) is 0.0272. The van der Waals surface area contributed by atoms with E-state index < -0.39 is 26.6 Å². The zero-order valence-corrected chi connectivity index (χ0v) is 60.9. The molecule has 0 spiro atoms. The summed E-state index contributed by atoms with van der Waals surface area (Å²) in [4.78, 5) is 25.7. The molecule has 0 aromatic rings. The minimum atomic E-state index is -4.62. The van der Waals surface area contributed by atoms with Crippen molar-refractivity contribution in [2.45, 2.75) is 424 Å². The van der Waals surface area contributed by atoms with E-state index in [4.69, 9.17) is 9.05 Å². The maximum absolute atomic E-state index is 13.1. The number of carbonyl (C=O) groups excluding carboxylic acids is 1. The lowest BCUT2D eigenvalue weighted by atomic mass is 10.0. The van der Waals surface area contributed by atoms with Gasteiger partial charge in [-0.15, -0.1) is 0 Å². The van der Waals surface area contributed by atoms with Gasteiger partial charge < -0.3 is 28.8 Å². The molecule has 0 fully saturated rings. The van der Waals surface area contributed by atoms with Crippen LogP contribution in [0.3, 0.4) is 0 Å². The van der Waals surface area contributed by atoms with Crippen LogP contribution in [0, 0.1) is 0 Å². The van der Waals surface area contributed by atoms with Gasteiger partial charge in [0, 0.05) is 6.42 Å². The predicted molar refractivity (Wildman–Crippen MR) is 385 cm³/mol. The minimum Gasteiger partial charge on any atom is -0.756 e. The Morgan fingerprint density at radius 1 is 0.386 bits per heavy atom. The summed E-state index contributed by atoms with van der Waals surface area (Å²) >= 11 is 0.